The minimum atomic E-state index is 0.536. The number of nitrogens with zero attached hydrogens (tertiary/aromatic N) is 1. The first-order valence-corrected chi connectivity index (χ1v) is 9.29. The van der Waals surface area contributed by atoms with Crippen molar-refractivity contribution in [2.45, 2.75) is 19.9 Å². The molecular weight excluding hydrogens is 363 g/mol. The highest BCUT2D eigenvalue weighted by Gasteiger charge is 2.22. The maximum Gasteiger partial charge on any atom is 0.0677 e. The summed E-state index contributed by atoms with van der Waals surface area (Å²) in [5, 5.41) is 5.65. The third-order valence-corrected chi connectivity index (χ3v) is 5.73. The Morgan fingerprint density at radius 3 is 2.73 bits per heavy atom. The molecule has 0 saturated heterocycles. The molecule has 1 N–H and O–H groups in total. The molecule has 0 unspecified atom stereocenters. The van der Waals surface area contributed by atoms with Gasteiger partial charge in [0.15, 0.2) is 0 Å². The Morgan fingerprint density at radius 2 is 2.00 bits per heavy atom. The van der Waals surface area contributed by atoms with Gasteiger partial charge in [-0.15, -0.1) is 6.42 Å². The van der Waals surface area contributed by atoms with Crippen LogP contribution in [0.4, 0.5) is 0 Å². The van der Waals surface area contributed by atoms with Crippen molar-refractivity contribution < 1.29 is 0 Å². The normalized spacial score (nSPS) is 13.8. The number of terminal acetylenes is 1. The molecule has 0 fully saturated rings. The molecule has 4 heteroatoms. The fourth-order valence-electron chi connectivity index (χ4n) is 3.79. The second-order valence-electron chi connectivity index (χ2n) is 6.58. The van der Waals surface area contributed by atoms with Crippen LogP contribution in [0, 0.1) is 19.3 Å². The molecule has 0 aliphatic carbocycles. The van der Waals surface area contributed by atoms with E-state index in [0.29, 0.717) is 10.0 Å². The van der Waals surface area contributed by atoms with Crippen molar-refractivity contribution in [3.05, 3.63) is 63.8 Å². The lowest BCUT2D eigenvalue weighted by atomic mass is 9.98. The van der Waals surface area contributed by atoms with Gasteiger partial charge in [0.2, 0.25) is 0 Å². The molecule has 0 radical (unpaired) electrons. The van der Waals surface area contributed by atoms with E-state index in [4.69, 9.17) is 29.6 Å². The number of benzene rings is 2. The van der Waals surface area contributed by atoms with Gasteiger partial charge in [-0.2, -0.15) is 0 Å². The van der Waals surface area contributed by atoms with Gasteiger partial charge in [0.05, 0.1) is 27.0 Å². The smallest absolute Gasteiger partial charge is 0.0677 e. The standard InChI is InChI=1S/C22H18Cl2N2/c1-4-15-10-17-13(2)21-14(3)25-8-5-9-26(21)22(17)18(11-15)16-6-7-19(23)20(24)12-16/h1,6-7,10-12,25H,3,5,8-9H2,2H3. The van der Waals surface area contributed by atoms with E-state index in [1.807, 2.05) is 18.2 Å². The summed E-state index contributed by atoms with van der Waals surface area (Å²) < 4.78 is 2.35. The number of rotatable bonds is 1. The van der Waals surface area contributed by atoms with E-state index in [1.54, 1.807) is 0 Å². The molecule has 1 aromatic heterocycles. The van der Waals surface area contributed by atoms with Crippen LogP contribution in [0.25, 0.3) is 27.7 Å². The number of hydrogen-bond donors (Lipinski definition) is 1. The average Bonchev–Trinajstić information content (AvgIpc) is 2.78. The van der Waals surface area contributed by atoms with Crippen molar-refractivity contribution in [3.63, 3.8) is 0 Å². The van der Waals surface area contributed by atoms with Crippen molar-refractivity contribution in [2.24, 2.45) is 0 Å². The number of aromatic nitrogens is 1. The highest BCUT2D eigenvalue weighted by atomic mass is 35.5. The average molecular weight is 381 g/mol. The molecule has 2 heterocycles. The molecule has 130 valence electrons. The minimum Gasteiger partial charge on any atom is -0.384 e. The largest absolute Gasteiger partial charge is 0.384 e. The van der Waals surface area contributed by atoms with Gasteiger partial charge in [0.1, 0.15) is 0 Å². The Balaban J connectivity index is 2.12. The lowest BCUT2D eigenvalue weighted by molar-refractivity contribution is 0.668. The summed E-state index contributed by atoms with van der Waals surface area (Å²) in [6, 6.07) is 9.85. The molecule has 0 saturated carbocycles. The van der Waals surface area contributed by atoms with E-state index in [0.717, 1.165) is 53.0 Å². The summed E-state index contributed by atoms with van der Waals surface area (Å²) in [5.74, 6) is 2.78. The Kier molecular flexibility index (Phi) is 4.23. The van der Waals surface area contributed by atoms with Crippen LogP contribution in [0.5, 0.6) is 0 Å². The molecule has 3 aromatic rings. The molecule has 1 aliphatic heterocycles. The van der Waals surface area contributed by atoms with Crippen LogP contribution in [0.3, 0.4) is 0 Å². The number of fused-ring (bicyclic) bond motifs is 3. The van der Waals surface area contributed by atoms with Gasteiger partial charge in [-0.25, -0.2) is 0 Å². The van der Waals surface area contributed by atoms with E-state index in [1.165, 1.54) is 11.1 Å². The van der Waals surface area contributed by atoms with Crippen LogP contribution >= 0.6 is 23.2 Å². The summed E-state index contributed by atoms with van der Waals surface area (Å²) in [5.41, 5.74) is 7.38. The number of halogens is 2. The maximum absolute atomic E-state index is 6.28. The fourth-order valence-corrected chi connectivity index (χ4v) is 4.09. The van der Waals surface area contributed by atoms with E-state index >= 15 is 0 Å². The van der Waals surface area contributed by atoms with Crippen molar-refractivity contribution >= 4 is 39.8 Å². The predicted molar refractivity (Wildman–Crippen MR) is 112 cm³/mol. The van der Waals surface area contributed by atoms with Gasteiger partial charge in [-0.3, -0.25) is 0 Å². The van der Waals surface area contributed by atoms with Gasteiger partial charge in [0.25, 0.3) is 0 Å². The predicted octanol–water partition coefficient (Wildman–Crippen LogP) is 5.87. The Hall–Kier alpha value is -2.34. The third kappa shape index (κ3) is 2.60. The van der Waals surface area contributed by atoms with Crippen LogP contribution in [0.15, 0.2) is 36.9 Å². The molecule has 2 aromatic carbocycles. The summed E-state index contributed by atoms with van der Waals surface area (Å²) in [7, 11) is 0. The molecule has 0 amide bonds. The maximum atomic E-state index is 6.28. The Bertz CT molecular complexity index is 1100. The van der Waals surface area contributed by atoms with Gasteiger partial charge in [-0.05, 0) is 48.7 Å². The van der Waals surface area contributed by atoms with Gasteiger partial charge in [0, 0.05) is 29.6 Å². The van der Waals surface area contributed by atoms with Gasteiger partial charge < -0.3 is 9.88 Å². The Morgan fingerprint density at radius 1 is 1.19 bits per heavy atom. The summed E-state index contributed by atoms with van der Waals surface area (Å²) in [6.07, 6.45) is 6.77. The first kappa shape index (κ1) is 17.1. The zero-order valence-electron chi connectivity index (χ0n) is 14.5. The van der Waals surface area contributed by atoms with Crippen LogP contribution in [0.2, 0.25) is 10.0 Å². The first-order chi connectivity index (χ1) is 12.5. The first-order valence-electron chi connectivity index (χ1n) is 8.53. The lowest BCUT2D eigenvalue weighted by Gasteiger charge is -2.12. The Labute approximate surface area is 163 Å². The SMILES string of the molecule is C#Cc1cc(-c2ccc(Cl)c(Cl)c2)c2c(c1)c(C)c1n2CCCNC1=C. The molecule has 1 aliphatic rings. The summed E-state index contributed by atoms with van der Waals surface area (Å²) in [6.45, 7) is 8.21. The minimum absolute atomic E-state index is 0.536. The van der Waals surface area contributed by atoms with E-state index in [9.17, 15) is 0 Å². The van der Waals surface area contributed by atoms with Crippen LogP contribution in [0.1, 0.15) is 23.2 Å². The number of aryl methyl sites for hydroxylation is 2. The zero-order valence-corrected chi connectivity index (χ0v) is 16.0. The van der Waals surface area contributed by atoms with Crippen molar-refractivity contribution in [3.8, 4) is 23.5 Å². The van der Waals surface area contributed by atoms with Crippen molar-refractivity contribution in [1.29, 1.82) is 0 Å². The van der Waals surface area contributed by atoms with Crippen LogP contribution in [-0.2, 0) is 6.54 Å². The van der Waals surface area contributed by atoms with Gasteiger partial charge in [-0.1, -0.05) is 41.8 Å². The van der Waals surface area contributed by atoms with Crippen molar-refractivity contribution in [2.75, 3.05) is 6.54 Å². The van der Waals surface area contributed by atoms with Crippen molar-refractivity contribution in [1.82, 2.24) is 9.88 Å². The molecular formula is C22H18Cl2N2. The fraction of sp³-hybridized carbons (Fsp3) is 0.182. The summed E-state index contributed by atoms with van der Waals surface area (Å²) >= 11 is 12.4. The van der Waals surface area contributed by atoms with Crippen LogP contribution in [-0.4, -0.2) is 11.1 Å². The molecule has 2 nitrogen and oxygen atoms in total. The monoisotopic (exact) mass is 380 g/mol. The number of hydrogen-bond acceptors (Lipinski definition) is 1. The topological polar surface area (TPSA) is 17.0 Å². The molecule has 26 heavy (non-hydrogen) atoms. The second-order valence-corrected chi connectivity index (χ2v) is 7.39. The lowest BCUT2D eigenvalue weighted by Crippen LogP contribution is -2.10. The third-order valence-electron chi connectivity index (χ3n) is 4.99. The molecule has 0 spiro atoms. The van der Waals surface area contributed by atoms with Crippen LogP contribution < -0.4 is 5.32 Å². The van der Waals surface area contributed by atoms with E-state index < -0.39 is 0 Å². The number of nitrogens with one attached hydrogen (secondary N) is 1. The molecule has 4 rings (SSSR count). The molecule has 0 bridgehead atoms. The zero-order chi connectivity index (χ0) is 18.4. The van der Waals surface area contributed by atoms with E-state index in [-0.39, 0.29) is 0 Å². The van der Waals surface area contributed by atoms with E-state index in [2.05, 4.69) is 41.4 Å². The highest BCUT2D eigenvalue weighted by Crippen LogP contribution is 2.39. The second kappa shape index (κ2) is 6.43. The molecule has 0 atom stereocenters. The quantitative estimate of drug-likeness (QED) is 0.522. The highest BCUT2D eigenvalue weighted by molar-refractivity contribution is 6.42. The van der Waals surface area contributed by atoms with Gasteiger partial charge >= 0.3 is 0 Å². The summed E-state index contributed by atoms with van der Waals surface area (Å²) in [4.78, 5) is 0.